The minimum absolute atomic E-state index is 0.00731. The first-order valence-corrected chi connectivity index (χ1v) is 22.3. The molecule has 64 heavy (non-hydrogen) atoms. The number of imide groups is 1. The van der Waals surface area contributed by atoms with Crippen LogP contribution in [-0.2, 0) is 26.1 Å². The summed E-state index contributed by atoms with van der Waals surface area (Å²) in [6.45, 7) is 6.17. The van der Waals surface area contributed by atoms with Crippen LogP contribution in [-0.4, -0.2) is 115 Å². The number of carbonyl (C=O) groups excluding carboxylic acids is 3. The standard InChI is InChI=1S/C45H51F2N11O6/c1-53-40-28(4-2-6-35(40)58(45(53)62)36-11-12-38(59)51-44(36)61)5-3-19-64-32-13-16-54(17-14-32)21-27-7-9-31(10-8-27)57-24-34(39(52-57)41(46)47)49-43(60)33-20-48-56-18-15-37(50-42(33)56)55-22-29-25-63-26-30(29)23-55/h2,4,6,15,18,20,24,27,29-32,36,41H,7-14,16-17,19,21-23,25-26H2,1H3,(H,49,60)(H,51,59,61)/t27-,29?,30?,31-,36?. The fourth-order valence-electron chi connectivity index (χ4n) is 10.4. The Labute approximate surface area is 367 Å². The average molecular weight is 880 g/mol. The Bertz CT molecular complexity index is 2700. The highest BCUT2D eigenvalue weighted by Gasteiger charge is 2.38. The molecule has 3 unspecified atom stereocenters. The number of anilines is 2. The van der Waals surface area contributed by atoms with Crippen LogP contribution in [0.5, 0.6) is 0 Å². The van der Waals surface area contributed by atoms with Crippen LogP contribution in [0, 0.1) is 29.6 Å². The van der Waals surface area contributed by atoms with Crippen molar-refractivity contribution in [2.24, 2.45) is 24.8 Å². The molecule has 0 radical (unpaired) electrons. The van der Waals surface area contributed by atoms with Crippen LogP contribution in [0.2, 0.25) is 0 Å². The lowest BCUT2D eigenvalue weighted by Gasteiger charge is -2.36. The summed E-state index contributed by atoms with van der Waals surface area (Å²) in [5.41, 5.74) is 1.65. The first kappa shape index (κ1) is 42.0. The number of amides is 3. The molecule has 4 aromatic heterocycles. The third kappa shape index (κ3) is 8.18. The number of fused-ring (bicyclic) bond motifs is 3. The highest BCUT2D eigenvalue weighted by Crippen LogP contribution is 2.36. The Morgan fingerprint density at radius 2 is 1.81 bits per heavy atom. The van der Waals surface area contributed by atoms with E-state index in [1.54, 1.807) is 30.2 Å². The van der Waals surface area contributed by atoms with Crippen molar-refractivity contribution in [2.45, 2.75) is 76.0 Å². The van der Waals surface area contributed by atoms with E-state index in [1.165, 1.54) is 19.8 Å². The van der Waals surface area contributed by atoms with Crippen LogP contribution in [0.3, 0.4) is 0 Å². The molecule has 3 amide bonds. The second kappa shape index (κ2) is 17.5. The van der Waals surface area contributed by atoms with Crippen molar-refractivity contribution in [1.29, 1.82) is 0 Å². The summed E-state index contributed by atoms with van der Waals surface area (Å²) < 4.78 is 46.5. The molecule has 17 nitrogen and oxygen atoms in total. The van der Waals surface area contributed by atoms with Gasteiger partial charge >= 0.3 is 5.69 Å². The van der Waals surface area contributed by atoms with E-state index in [9.17, 15) is 28.0 Å². The molecule has 19 heteroatoms. The molecule has 5 aromatic rings. The zero-order chi connectivity index (χ0) is 44.1. The van der Waals surface area contributed by atoms with Gasteiger partial charge < -0.3 is 24.6 Å². The van der Waals surface area contributed by atoms with Gasteiger partial charge in [-0.3, -0.25) is 33.5 Å². The molecule has 5 fully saturated rings. The van der Waals surface area contributed by atoms with Crippen LogP contribution < -0.4 is 21.2 Å². The zero-order valence-corrected chi connectivity index (χ0v) is 35.6. The summed E-state index contributed by atoms with van der Waals surface area (Å²) in [6.07, 6.45) is 7.63. The lowest BCUT2D eigenvalue weighted by atomic mass is 9.85. The quantitative estimate of drug-likeness (QED) is 0.153. The fraction of sp³-hybridized carbons (Fsp3) is 0.533. The van der Waals surface area contributed by atoms with Gasteiger partial charge in [-0.25, -0.2) is 23.1 Å². The van der Waals surface area contributed by atoms with E-state index in [1.807, 2.05) is 18.2 Å². The van der Waals surface area contributed by atoms with Gasteiger partial charge in [0, 0.05) is 70.4 Å². The molecule has 4 saturated heterocycles. The van der Waals surface area contributed by atoms with Gasteiger partial charge in [-0.1, -0.05) is 17.9 Å². The Morgan fingerprint density at radius 1 is 1.03 bits per heavy atom. The Hall–Kier alpha value is -5.97. The van der Waals surface area contributed by atoms with E-state index in [0.717, 1.165) is 90.3 Å². The number of nitrogens with zero attached hydrogens (tertiary/aromatic N) is 9. The second-order valence-corrected chi connectivity index (χ2v) is 17.9. The number of imidazole rings is 1. The molecule has 0 spiro atoms. The van der Waals surface area contributed by atoms with Crippen molar-refractivity contribution in [3.63, 3.8) is 0 Å². The van der Waals surface area contributed by atoms with E-state index in [2.05, 4.69) is 42.5 Å². The lowest BCUT2D eigenvalue weighted by molar-refractivity contribution is -0.135. The number of likely N-dealkylation sites (tertiary alicyclic amines) is 1. The second-order valence-electron chi connectivity index (χ2n) is 17.9. The van der Waals surface area contributed by atoms with Crippen molar-refractivity contribution in [2.75, 3.05) is 62.8 Å². The van der Waals surface area contributed by atoms with Crippen LogP contribution in [0.25, 0.3) is 16.7 Å². The molecule has 2 N–H and O–H groups in total. The average Bonchev–Trinajstić information content (AvgIpc) is 4.13. The topological polar surface area (TPSA) is 175 Å². The number of halogens is 2. The van der Waals surface area contributed by atoms with Crippen LogP contribution in [0.1, 0.15) is 91.5 Å². The first-order valence-electron chi connectivity index (χ1n) is 22.3. The number of para-hydroxylation sites is 1. The summed E-state index contributed by atoms with van der Waals surface area (Å²) in [5, 5.41) is 13.6. The number of aromatic nitrogens is 7. The predicted octanol–water partition coefficient (Wildman–Crippen LogP) is 4.09. The number of carbonyl (C=O) groups is 3. The molecule has 5 aliphatic rings. The third-order valence-electron chi connectivity index (χ3n) is 13.9. The van der Waals surface area contributed by atoms with Gasteiger partial charge in [0.15, 0.2) is 11.3 Å². The molecule has 3 atom stereocenters. The summed E-state index contributed by atoms with van der Waals surface area (Å²) in [6, 6.07) is 6.51. The molecule has 4 aliphatic heterocycles. The first-order chi connectivity index (χ1) is 31.1. The SMILES string of the molecule is Cn1c(=O)n(C2CCC(=O)NC2=O)c2cccc(C#CCOC3CCN(C[C@H]4CC[C@H](n5cc(NC(=O)c6cnn7ccc(N8CC9COCC9C8)nc67)c(C(F)F)n5)CC4)CC3)c21. The monoisotopic (exact) mass is 879 g/mol. The van der Waals surface area contributed by atoms with E-state index in [-0.39, 0.29) is 54.4 Å². The number of ether oxygens (including phenoxy) is 2. The largest absolute Gasteiger partial charge is 0.381 e. The zero-order valence-electron chi connectivity index (χ0n) is 35.6. The maximum absolute atomic E-state index is 14.3. The summed E-state index contributed by atoms with van der Waals surface area (Å²) >= 11 is 0. The summed E-state index contributed by atoms with van der Waals surface area (Å²) in [4.78, 5) is 60.6. The Balaban J connectivity index is 0.698. The van der Waals surface area contributed by atoms with Gasteiger partial charge in [-0.05, 0) is 69.1 Å². The Morgan fingerprint density at radius 3 is 2.56 bits per heavy atom. The third-order valence-corrected chi connectivity index (χ3v) is 13.9. The number of benzene rings is 1. The van der Waals surface area contributed by atoms with E-state index >= 15 is 0 Å². The van der Waals surface area contributed by atoms with Gasteiger partial charge in [-0.15, -0.1) is 0 Å². The molecule has 336 valence electrons. The minimum Gasteiger partial charge on any atom is -0.381 e. The summed E-state index contributed by atoms with van der Waals surface area (Å²) in [7, 11) is 1.66. The number of hydrogen-bond donors (Lipinski definition) is 2. The minimum atomic E-state index is -2.86. The van der Waals surface area contributed by atoms with Crippen LogP contribution in [0.15, 0.2) is 47.7 Å². The van der Waals surface area contributed by atoms with E-state index < -0.39 is 30.0 Å². The number of alkyl halides is 2. The molecule has 0 bridgehead atoms. The number of hydrogen-bond acceptors (Lipinski definition) is 11. The van der Waals surface area contributed by atoms with Crippen molar-refractivity contribution in [3.05, 3.63) is 70.2 Å². The predicted molar refractivity (Wildman–Crippen MR) is 230 cm³/mol. The van der Waals surface area contributed by atoms with Crippen molar-refractivity contribution >= 4 is 45.9 Å². The van der Waals surface area contributed by atoms with Gasteiger partial charge in [-0.2, -0.15) is 10.2 Å². The Kier molecular flexibility index (Phi) is 11.5. The molecular weight excluding hydrogens is 829 g/mol. The molecule has 1 aliphatic carbocycles. The van der Waals surface area contributed by atoms with Crippen molar-refractivity contribution in [3.8, 4) is 11.8 Å². The van der Waals surface area contributed by atoms with E-state index in [4.69, 9.17) is 14.5 Å². The number of aryl methyl sites for hydroxylation is 1. The highest BCUT2D eigenvalue weighted by molar-refractivity contribution is 6.08. The molecule has 1 saturated carbocycles. The van der Waals surface area contributed by atoms with Gasteiger partial charge in [0.2, 0.25) is 11.8 Å². The van der Waals surface area contributed by atoms with Gasteiger partial charge in [0.05, 0.1) is 53.8 Å². The van der Waals surface area contributed by atoms with E-state index in [0.29, 0.717) is 40.0 Å². The normalized spacial score (nSPS) is 24.4. The number of nitrogens with one attached hydrogen (secondary N) is 2. The van der Waals surface area contributed by atoms with Crippen LogP contribution in [0.4, 0.5) is 20.3 Å². The maximum Gasteiger partial charge on any atom is 0.329 e. The number of piperidine rings is 2. The molecule has 8 heterocycles. The molecule has 1 aromatic carbocycles. The molecular formula is C45H51F2N11O6. The van der Waals surface area contributed by atoms with Gasteiger partial charge in [0.25, 0.3) is 12.3 Å². The van der Waals surface area contributed by atoms with Gasteiger partial charge in [0.1, 0.15) is 24.0 Å². The lowest BCUT2D eigenvalue weighted by Crippen LogP contribution is -2.44. The number of rotatable bonds is 10. The smallest absolute Gasteiger partial charge is 0.329 e. The summed E-state index contributed by atoms with van der Waals surface area (Å²) in [5.74, 6) is 7.06. The highest BCUT2D eigenvalue weighted by atomic mass is 19.3. The van der Waals surface area contributed by atoms with Crippen LogP contribution >= 0.6 is 0 Å². The fourth-order valence-corrected chi connectivity index (χ4v) is 10.4. The molecule has 10 rings (SSSR count). The maximum atomic E-state index is 14.3. The van der Waals surface area contributed by atoms with Crippen molar-refractivity contribution < 1.29 is 32.6 Å². The van der Waals surface area contributed by atoms with Crippen molar-refractivity contribution in [1.82, 2.24) is 43.7 Å².